The minimum Gasteiger partial charge on any atom is -0.423 e. The topological polar surface area (TPSA) is 43.4 Å². The van der Waals surface area contributed by atoms with Gasteiger partial charge in [-0.25, -0.2) is 9.18 Å². The van der Waals surface area contributed by atoms with Gasteiger partial charge < -0.3 is 4.74 Å². The molecular weight excluding hydrogens is 283 g/mol. The number of carbonyl (C=O) groups excluding carboxylic acids is 2. The van der Waals surface area contributed by atoms with Crippen molar-refractivity contribution in [2.24, 2.45) is 0 Å². The molecule has 0 N–H and O–H groups in total. The average Bonchev–Trinajstić information content (AvgIpc) is 2.54. The second kappa shape index (κ2) is 7.31. The van der Waals surface area contributed by atoms with Crippen molar-refractivity contribution >= 4 is 17.8 Å². The van der Waals surface area contributed by atoms with Crippen molar-refractivity contribution in [2.75, 3.05) is 0 Å². The number of halogens is 1. The highest BCUT2D eigenvalue weighted by molar-refractivity contribution is 5.96. The van der Waals surface area contributed by atoms with Crippen LogP contribution in [0.4, 0.5) is 4.39 Å². The summed E-state index contributed by atoms with van der Waals surface area (Å²) in [6.07, 6.45) is 3.23. The maximum Gasteiger partial charge on any atom is 0.336 e. The summed E-state index contributed by atoms with van der Waals surface area (Å²) in [6, 6.07) is 12.1. The van der Waals surface area contributed by atoms with Crippen molar-refractivity contribution in [1.82, 2.24) is 0 Å². The van der Waals surface area contributed by atoms with Crippen molar-refractivity contribution in [3.63, 3.8) is 0 Å². The molecule has 0 saturated carbocycles. The van der Waals surface area contributed by atoms with Crippen molar-refractivity contribution < 1.29 is 18.7 Å². The number of benzene rings is 2. The van der Waals surface area contributed by atoms with Gasteiger partial charge >= 0.3 is 5.97 Å². The molecule has 0 bridgehead atoms. The molecule has 0 heterocycles. The Morgan fingerprint density at radius 3 is 2.27 bits per heavy atom. The minimum atomic E-state index is -0.543. The summed E-state index contributed by atoms with van der Waals surface area (Å²) in [4.78, 5) is 23.2. The van der Waals surface area contributed by atoms with Crippen molar-refractivity contribution in [3.05, 3.63) is 71.6 Å². The van der Waals surface area contributed by atoms with E-state index in [0.717, 1.165) is 0 Å². The van der Waals surface area contributed by atoms with E-state index in [4.69, 9.17) is 4.74 Å². The molecule has 2 rings (SSSR count). The van der Waals surface area contributed by atoms with Crippen LogP contribution in [-0.4, -0.2) is 11.8 Å². The molecule has 0 radical (unpaired) electrons. The molecule has 0 unspecified atom stereocenters. The molecule has 0 spiro atoms. The second-order valence-electron chi connectivity index (χ2n) is 4.61. The van der Waals surface area contributed by atoms with E-state index in [1.54, 1.807) is 43.3 Å². The van der Waals surface area contributed by atoms with Gasteiger partial charge in [-0.1, -0.05) is 19.1 Å². The van der Waals surface area contributed by atoms with Crippen LogP contribution in [0.25, 0.3) is 6.08 Å². The molecule has 0 saturated heterocycles. The zero-order chi connectivity index (χ0) is 15.9. The fraction of sp³-hybridized carbons (Fsp3) is 0.111. The summed E-state index contributed by atoms with van der Waals surface area (Å²) >= 11 is 0. The van der Waals surface area contributed by atoms with Crippen LogP contribution in [0.3, 0.4) is 0 Å². The summed E-state index contributed by atoms with van der Waals surface area (Å²) in [5.41, 5.74) is 1.28. The van der Waals surface area contributed by atoms with Crippen molar-refractivity contribution in [1.29, 1.82) is 0 Å². The van der Waals surface area contributed by atoms with Crippen LogP contribution in [0.5, 0.6) is 5.75 Å². The van der Waals surface area contributed by atoms with E-state index in [2.05, 4.69) is 0 Å². The fourth-order valence-corrected chi connectivity index (χ4v) is 1.80. The zero-order valence-electron chi connectivity index (χ0n) is 12.1. The Morgan fingerprint density at radius 1 is 1.05 bits per heavy atom. The summed E-state index contributed by atoms with van der Waals surface area (Å²) < 4.78 is 17.9. The number of ketones is 1. The van der Waals surface area contributed by atoms with E-state index < -0.39 is 5.97 Å². The van der Waals surface area contributed by atoms with E-state index in [0.29, 0.717) is 23.3 Å². The van der Waals surface area contributed by atoms with Gasteiger partial charge in [0.2, 0.25) is 0 Å². The molecule has 0 amide bonds. The maximum atomic E-state index is 12.7. The highest BCUT2D eigenvalue weighted by Gasteiger charge is 2.04. The van der Waals surface area contributed by atoms with E-state index >= 15 is 0 Å². The molecule has 112 valence electrons. The van der Waals surface area contributed by atoms with E-state index in [-0.39, 0.29) is 11.6 Å². The monoisotopic (exact) mass is 298 g/mol. The first-order chi connectivity index (χ1) is 10.6. The van der Waals surface area contributed by atoms with Gasteiger partial charge in [0.1, 0.15) is 11.6 Å². The lowest BCUT2D eigenvalue weighted by Gasteiger charge is -2.02. The molecule has 2 aromatic carbocycles. The molecule has 22 heavy (non-hydrogen) atoms. The lowest BCUT2D eigenvalue weighted by atomic mass is 10.1. The minimum absolute atomic E-state index is 0.0362. The number of esters is 1. The Labute approximate surface area is 128 Å². The third-order valence-corrected chi connectivity index (χ3v) is 3.00. The van der Waals surface area contributed by atoms with Crippen LogP contribution in [0, 0.1) is 5.82 Å². The number of Topliss-reactive ketones (excluding diaryl/α,β-unsaturated/α-hetero) is 1. The zero-order valence-corrected chi connectivity index (χ0v) is 12.1. The number of ether oxygens (including phenoxy) is 1. The molecule has 0 aliphatic carbocycles. The number of hydrogen-bond acceptors (Lipinski definition) is 3. The van der Waals surface area contributed by atoms with Crippen LogP contribution in [0.2, 0.25) is 0 Å². The SMILES string of the molecule is CCC(=O)c1ccc(OC(=O)/C=C/c2ccc(F)cc2)cc1. The fourth-order valence-electron chi connectivity index (χ4n) is 1.80. The van der Waals surface area contributed by atoms with Gasteiger partial charge in [0.25, 0.3) is 0 Å². The summed E-state index contributed by atoms with van der Waals surface area (Å²) in [7, 11) is 0. The van der Waals surface area contributed by atoms with Gasteiger partial charge in [-0.15, -0.1) is 0 Å². The molecule has 0 aromatic heterocycles. The Kier molecular flexibility index (Phi) is 5.20. The molecular formula is C18H15FO3. The Hall–Kier alpha value is -2.75. The smallest absolute Gasteiger partial charge is 0.336 e. The third kappa shape index (κ3) is 4.38. The Balaban J connectivity index is 1.97. The molecule has 2 aromatic rings. The molecule has 0 aliphatic rings. The molecule has 0 aliphatic heterocycles. The number of hydrogen-bond donors (Lipinski definition) is 0. The summed E-state index contributed by atoms with van der Waals surface area (Å²) in [6.45, 7) is 1.79. The molecule has 4 heteroatoms. The molecule has 0 fully saturated rings. The predicted octanol–water partition coefficient (Wildman–Crippen LogP) is 4.04. The van der Waals surface area contributed by atoms with Crippen LogP contribution >= 0.6 is 0 Å². The van der Waals surface area contributed by atoms with Crippen LogP contribution in [0.1, 0.15) is 29.3 Å². The van der Waals surface area contributed by atoms with Gasteiger partial charge in [0, 0.05) is 18.1 Å². The molecule has 0 atom stereocenters. The van der Waals surface area contributed by atoms with Crippen molar-refractivity contribution in [3.8, 4) is 5.75 Å². The van der Waals surface area contributed by atoms with Gasteiger partial charge in [0.15, 0.2) is 5.78 Å². The Morgan fingerprint density at radius 2 is 1.68 bits per heavy atom. The number of rotatable bonds is 5. The quantitative estimate of drug-likeness (QED) is 0.362. The standard InChI is InChI=1S/C18H15FO3/c1-2-17(20)14-6-10-16(11-7-14)22-18(21)12-5-13-3-8-15(19)9-4-13/h3-12H,2H2,1H3/b12-5+. The average molecular weight is 298 g/mol. The number of carbonyl (C=O) groups is 2. The van der Waals surface area contributed by atoms with Crippen LogP contribution < -0.4 is 4.74 Å². The van der Waals surface area contributed by atoms with Gasteiger partial charge in [-0.05, 0) is 48.0 Å². The van der Waals surface area contributed by atoms with E-state index in [1.807, 2.05) is 0 Å². The lowest BCUT2D eigenvalue weighted by Crippen LogP contribution is -2.04. The van der Waals surface area contributed by atoms with Gasteiger partial charge in [-0.2, -0.15) is 0 Å². The first kappa shape index (κ1) is 15.6. The maximum absolute atomic E-state index is 12.7. The van der Waals surface area contributed by atoms with Gasteiger partial charge in [0.05, 0.1) is 0 Å². The van der Waals surface area contributed by atoms with E-state index in [9.17, 15) is 14.0 Å². The first-order valence-electron chi connectivity index (χ1n) is 6.87. The van der Waals surface area contributed by atoms with Gasteiger partial charge in [-0.3, -0.25) is 4.79 Å². The normalized spacial score (nSPS) is 10.6. The van der Waals surface area contributed by atoms with E-state index in [1.165, 1.54) is 24.3 Å². The second-order valence-corrected chi connectivity index (χ2v) is 4.61. The van der Waals surface area contributed by atoms with Crippen LogP contribution in [0.15, 0.2) is 54.6 Å². The Bertz CT molecular complexity index is 685. The predicted molar refractivity (Wildman–Crippen MR) is 82.1 cm³/mol. The first-order valence-corrected chi connectivity index (χ1v) is 6.87. The lowest BCUT2D eigenvalue weighted by molar-refractivity contribution is -0.128. The highest BCUT2D eigenvalue weighted by Crippen LogP contribution is 2.14. The summed E-state index contributed by atoms with van der Waals surface area (Å²) in [5.74, 6) is -0.476. The highest BCUT2D eigenvalue weighted by atomic mass is 19.1. The van der Waals surface area contributed by atoms with Crippen LogP contribution in [-0.2, 0) is 4.79 Å². The summed E-state index contributed by atoms with van der Waals surface area (Å²) in [5, 5.41) is 0. The largest absolute Gasteiger partial charge is 0.423 e. The van der Waals surface area contributed by atoms with Crippen molar-refractivity contribution in [2.45, 2.75) is 13.3 Å². The third-order valence-electron chi connectivity index (χ3n) is 3.00. The molecule has 3 nitrogen and oxygen atoms in total.